The topological polar surface area (TPSA) is 3.24 Å². The van der Waals surface area contributed by atoms with Crippen molar-refractivity contribution in [1.29, 1.82) is 0 Å². The Morgan fingerprint density at radius 3 is 1.37 bits per heavy atom. The summed E-state index contributed by atoms with van der Waals surface area (Å²) in [5.74, 6) is 2.49. The summed E-state index contributed by atoms with van der Waals surface area (Å²) in [4.78, 5) is 2.44. The molecule has 12 rings (SSSR count). The first-order valence-corrected chi connectivity index (χ1v) is 21.8. The number of nitrogens with zero attached hydrogens (tertiary/aromatic N) is 1. The zero-order chi connectivity index (χ0) is 39.6. The van der Waals surface area contributed by atoms with E-state index in [0.29, 0.717) is 5.92 Å². The van der Waals surface area contributed by atoms with Gasteiger partial charge >= 0.3 is 0 Å². The van der Waals surface area contributed by atoms with Crippen LogP contribution in [0, 0.1) is 11.8 Å². The third-order valence-corrected chi connectivity index (χ3v) is 13.9. The molecule has 0 radical (unpaired) electrons. The lowest BCUT2D eigenvalue weighted by Crippen LogP contribution is -2.11. The molecule has 1 nitrogen and oxygen atoms in total. The van der Waals surface area contributed by atoms with E-state index in [4.69, 9.17) is 0 Å². The molecule has 0 N–H and O–H groups in total. The van der Waals surface area contributed by atoms with Crippen LogP contribution in [0.2, 0.25) is 0 Å². The van der Waals surface area contributed by atoms with Crippen LogP contribution in [0.5, 0.6) is 0 Å². The van der Waals surface area contributed by atoms with Crippen molar-refractivity contribution in [3.63, 3.8) is 0 Å². The summed E-state index contributed by atoms with van der Waals surface area (Å²) >= 11 is 0. The van der Waals surface area contributed by atoms with Crippen LogP contribution in [0.3, 0.4) is 0 Å². The maximum absolute atomic E-state index is 2.44. The summed E-state index contributed by atoms with van der Waals surface area (Å²) < 4.78 is 0. The molecular weight excluding hydrogens is 723 g/mol. The van der Waals surface area contributed by atoms with Gasteiger partial charge in [-0.15, -0.1) is 0 Å². The molecular formula is C59H45N. The molecule has 0 heterocycles. The Morgan fingerprint density at radius 2 is 0.817 bits per heavy atom. The molecule has 0 aromatic heterocycles. The second-order valence-corrected chi connectivity index (χ2v) is 17.2. The summed E-state index contributed by atoms with van der Waals surface area (Å²) in [6.07, 6.45) is 5.60. The highest BCUT2D eigenvalue weighted by Crippen LogP contribution is 2.53. The molecule has 0 amide bonds. The summed E-state index contributed by atoms with van der Waals surface area (Å²) in [5.41, 5.74) is 12.5. The predicted molar refractivity (Wildman–Crippen MR) is 256 cm³/mol. The second kappa shape index (κ2) is 14.4. The molecule has 286 valence electrons. The Balaban J connectivity index is 0.973. The lowest BCUT2D eigenvalue weighted by atomic mass is 9.83. The molecule has 10 aromatic rings. The molecule has 3 atom stereocenters. The van der Waals surface area contributed by atoms with Gasteiger partial charge < -0.3 is 4.90 Å². The van der Waals surface area contributed by atoms with Crippen molar-refractivity contribution in [3.05, 3.63) is 212 Å². The number of benzene rings is 10. The van der Waals surface area contributed by atoms with Crippen LogP contribution in [0.4, 0.5) is 17.1 Å². The van der Waals surface area contributed by atoms with Crippen LogP contribution < -0.4 is 4.90 Å². The smallest absolute Gasteiger partial charge is 0.0462 e. The lowest BCUT2D eigenvalue weighted by Gasteiger charge is -2.27. The van der Waals surface area contributed by atoms with Crippen LogP contribution in [0.25, 0.3) is 76.5 Å². The first kappa shape index (κ1) is 35.0. The largest absolute Gasteiger partial charge is 0.311 e. The van der Waals surface area contributed by atoms with E-state index in [-0.39, 0.29) is 0 Å². The minimum atomic E-state index is 0.708. The van der Waals surface area contributed by atoms with Crippen LogP contribution >= 0.6 is 0 Å². The molecule has 1 heteroatoms. The Morgan fingerprint density at radius 1 is 0.350 bits per heavy atom. The van der Waals surface area contributed by atoms with E-state index < -0.39 is 0 Å². The summed E-state index contributed by atoms with van der Waals surface area (Å²) in [5, 5.41) is 10.2. The molecule has 2 saturated carbocycles. The SMILES string of the molecule is c1ccc(-c2c3ccccc3c(-c3ccc(N(c4ccc(-c5cc6ccccc6c6ccccc56)cc4)c4ccc(C5CC6CCC5C6)cc4)cc3)c3ccccc23)cc1. The van der Waals surface area contributed by atoms with Crippen LogP contribution in [0.1, 0.15) is 37.2 Å². The first-order valence-electron chi connectivity index (χ1n) is 21.8. The number of rotatable bonds is 7. The number of hydrogen-bond acceptors (Lipinski definition) is 1. The van der Waals surface area contributed by atoms with Crippen molar-refractivity contribution >= 4 is 60.2 Å². The maximum atomic E-state index is 2.44. The van der Waals surface area contributed by atoms with Crippen LogP contribution in [-0.2, 0) is 0 Å². The van der Waals surface area contributed by atoms with E-state index in [1.807, 2.05) is 0 Å². The molecule has 60 heavy (non-hydrogen) atoms. The standard InChI is InChI=1S/C59H45N/c1-2-12-42(13-3-1)58-52-18-8-10-20-54(52)59(55-21-11-9-19-53(55)58)43-28-34-48(35-29-43)60(46-30-24-40(25-31-46)56-37-39-22-23-45(56)36-39)47-32-26-41(27-33-47)57-38-44-14-4-5-15-49(44)50-16-6-7-17-51(50)57/h1-21,24-35,38-39,45,56H,22-23,36-37H2. The van der Waals surface area contributed by atoms with Crippen LogP contribution in [0.15, 0.2) is 206 Å². The first-order chi connectivity index (χ1) is 29.7. The fraction of sp³-hybridized carbons (Fsp3) is 0.119. The quantitative estimate of drug-likeness (QED) is 0.115. The monoisotopic (exact) mass is 767 g/mol. The highest BCUT2D eigenvalue weighted by atomic mass is 15.1. The molecule has 2 aliphatic carbocycles. The van der Waals surface area contributed by atoms with E-state index >= 15 is 0 Å². The molecule has 2 fully saturated rings. The van der Waals surface area contributed by atoms with Crippen molar-refractivity contribution in [1.82, 2.24) is 0 Å². The third kappa shape index (κ3) is 5.83. The minimum absolute atomic E-state index is 0.708. The van der Waals surface area contributed by atoms with Gasteiger partial charge in [0, 0.05) is 17.1 Å². The van der Waals surface area contributed by atoms with Gasteiger partial charge in [-0.25, -0.2) is 0 Å². The zero-order valence-electron chi connectivity index (χ0n) is 33.6. The zero-order valence-corrected chi connectivity index (χ0v) is 33.6. The summed E-state index contributed by atoms with van der Waals surface area (Å²) in [7, 11) is 0. The van der Waals surface area contributed by atoms with Gasteiger partial charge in [-0.3, -0.25) is 0 Å². The van der Waals surface area contributed by atoms with Crippen molar-refractivity contribution in [3.8, 4) is 33.4 Å². The van der Waals surface area contributed by atoms with Crippen molar-refractivity contribution in [2.24, 2.45) is 11.8 Å². The Labute approximate surface area is 352 Å². The lowest BCUT2D eigenvalue weighted by molar-refractivity contribution is 0.420. The van der Waals surface area contributed by atoms with Gasteiger partial charge in [-0.2, -0.15) is 0 Å². The van der Waals surface area contributed by atoms with Crippen molar-refractivity contribution in [2.75, 3.05) is 4.90 Å². The third-order valence-electron chi connectivity index (χ3n) is 13.9. The number of hydrogen-bond donors (Lipinski definition) is 0. The molecule has 0 spiro atoms. The Hall–Kier alpha value is -6.96. The van der Waals surface area contributed by atoms with Gasteiger partial charge in [0.2, 0.25) is 0 Å². The normalized spacial score (nSPS) is 17.2. The highest BCUT2D eigenvalue weighted by Gasteiger charge is 2.40. The molecule has 3 unspecified atom stereocenters. The van der Waals surface area contributed by atoms with E-state index in [1.165, 1.54) is 113 Å². The molecule has 2 aliphatic rings. The number of anilines is 3. The molecule has 0 aliphatic heterocycles. The Kier molecular flexibility index (Phi) is 8.40. The van der Waals surface area contributed by atoms with Gasteiger partial charge in [-0.05, 0) is 162 Å². The molecule has 2 bridgehead atoms. The fourth-order valence-electron chi connectivity index (χ4n) is 11.2. The average molecular weight is 768 g/mol. The number of fused-ring (bicyclic) bond motifs is 7. The van der Waals surface area contributed by atoms with Gasteiger partial charge in [0.1, 0.15) is 0 Å². The second-order valence-electron chi connectivity index (χ2n) is 17.2. The Bertz CT molecular complexity index is 3140. The molecule has 0 saturated heterocycles. The van der Waals surface area contributed by atoms with Gasteiger partial charge in [0.15, 0.2) is 0 Å². The van der Waals surface area contributed by atoms with E-state index in [2.05, 4.69) is 211 Å². The van der Waals surface area contributed by atoms with Crippen molar-refractivity contribution in [2.45, 2.75) is 31.6 Å². The van der Waals surface area contributed by atoms with Crippen LogP contribution in [-0.4, -0.2) is 0 Å². The minimum Gasteiger partial charge on any atom is -0.311 e. The fourth-order valence-corrected chi connectivity index (χ4v) is 11.2. The predicted octanol–water partition coefficient (Wildman–Crippen LogP) is 16.7. The molecule has 10 aromatic carbocycles. The highest BCUT2D eigenvalue weighted by molar-refractivity contribution is 6.21. The maximum Gasteiger partial charge on any atom is 0.0462 e. The van der Waals surface area contributed by atoms with E-state index in [9.17, 15) is 0 Å². The van der Waals surface area contributed by atoms with E-state index in [0.717, 1.165) is 23.2 Å². The summed E-state index contributed by atoms with van der Waals surface area (Å²) in [6, 6.07) is 76.7. The van der Waals surface area contributed by atoms with Gasteiger partial charge in [0.05, 0.1) is 0 Å². The van der Waals surface area contributed by atoms with Crippen molar-refractivity contribution < 1.29 is 0 Å². The van der Waals surface area contributed by atoms with E-state index in [1.54, 1.807) is 0 Å². The van der Waals surface area contributed by atoms with Gasteiger partial charge in [0.25, 0.3) is 0 Å². The average Bonchev–Trinajstić information content (AvgIpc) is 3.97. The van der Waals surface area contributed by atoms with Gasteiger partial charge in [-0.1, -0.05) is 170 Å². The summed E-state index contributed by atoms with van der Waals surface area (Å²) in [6.45, 7) is 0.